The molecule has 20 heavy (non-hydrogen) atoms. The molecule has 0 aliphatic carbocycles. The Morgan fingerprint density at radius 2 is 2.05 bits per heavy atom. The van der Waals surface area contributed by atoms with E-state index in [1.807, 2.05) is 12.1 Å². The average molecular weight is 273 g/mol. The molecule has 1 aliphatic heterocycles. The first kappa shape index (κ1) is 14.8. The van der Waals surface area contributed by atoms with Crippen LogP contribution in [0.1, 0.15) is 24.9 Å². The highest BCUT2D eigenvalue weighted by atomic mass is 16.5. The van der Waals surface area contributed by atoms with E-state index in [-0.39, 0.29) is 0 Å². The zero-order chi connectivity index (χ0) is 14.4. The summed E-state index contributed by atoms with van der Waals surface area (Å²) >= 11 is 0. The summed E-state index contributed by atoms with van der Waals surface area (Å²) in [6.07, 6.45) is 0.630. The first-order valence-electron chi connectivity index (χ1n) is 7.22. The molecule has 0 radical (unpaired) electrons. The summed E-state index contributed by atoms with van der Waals surface area (Å²) in [6, 6.07) is 10.9. The first-order chi connectivity index (χ1) is 9.74. The average Bonchev–Trinajstić information content (AvgIpc) is 2.52. The van der Waals surface area contributed by atoms with Gasteiger partial charge in [0.25, 0.3) is 0 Å². The molecular weight excluding hydrogens is 250 g/mol. The molecule has 0 bridgehead atoms. The van der Waals surface area contributed by atoms with Gasteiger partial charge in [0.05, 0.1) is 13.2 Å². The van der Waals surface area contributed by atoms with Gasteiger partial charge in [-0.1, -0.05) is 12.1 Å². The second-order valence-corrected chi connectivity index (χ2v) is 5.24. The molecule has 2 rings (SSSR count). The van der Waals surface area contributed by atoms with E-state index < -0.39 is 0 Å². The molecule has 0 saturated carbocycles. The van der Waals surface area contributed by atoms with Gasteiger partial charge in [0.2, 0.25) is 0 Å². The summed E-state index contributed by atoms with van der Waals surface area (Å²) < 4.78 is 5.30. The number of nitrogens with zero attached hydrogens (tertiary/aromatic N) is 3. The zero-order valence-electron chi connectivity index (χ0n) is 12.4. The number of methoxy groups -OCH3 is 1. The van der Waals surface area contributed by atoms with Gasteiger partial charge in [0.15, 0.2) is 0 Å². The van der Waals surface area contributed by atoms with Crippen LogP contribution in [0.4, 0.5) is 0 Å². The van der Waals surface area contributed by atoms with E-state index in [1.54, 1.807) is 7.11 Å². The predicted molar refractivity (Wildman–Crippen MR) is 79.7 cm³/mol. The molecule has 0 N–H and O–H groups in total. The fourth-order valence-electron chi connectivity index (χ4n) is 2.69. The Bertz CT molecular complexity index is 461. The molecule has 0 aromatic heterocycles. The fourth-order valence-corrected chi connectivity index (χ4v) is 2.69. The van der Waals surface area contributed by atoms with Crippen molar-refractivity contribution in [2.75, 3.05) is 39.8 Å². The summed E-state index contributed by atoms with van der Waals surface area (Å²) in [5.74, 6) is 0.919. The van der Waals surface area contributed by atoms with E-state index in [9.17, 15) is 0 Å². The van der Waals surface area contributed by atoms with Crippen LogP contribution in [0.3, 0.4) is 0 Å². The second-order valence-electron chi connectivity index (χ2n) is 5.24. The fraction of sp³-hybridized carbons (Fsp3) is 0.562. The van der Waals surface area contributed by atoms with Gasteiger partial charge in [0.1, 0.15) is 5.75 Å². The van der Waals surface area contributed by atoms with Crippen LogP contribution in [0.25, 0.3) is 0 Å². The van der Waals surface area contributed by atoms with Crippen LogP contribution in [0.5, 0.6) is 5.75 Å². The van der Waals surface area contributed by atoms with Crippen molar-refractivity contribution >= 4 is 0 Å². The maximum Gasteiger partial charge on any atom is 0.119 e. The first-order valence-corrected chi connectivity index (χ1v) is 7.22. The van der Waals surface area contributed by atoms with Crippen molar-refractivity contribution in [2.24, 2.45) is 0 Å². The molecule has 1 atom stereocenters. The molecule has 108 valence electrons. The third kappa shape index (κ3) is 3.72. The van der Waals surface area contributed by atoms with Gasteiger partial charge in [-0.05, 0) is 24.6 Å². The van der Waals surface area contributed by atoms with Crippen molar-refractivity contribution < 1.29 is 4.74 Å². The predicted octanol–water partition coefficient (Wildman–Crippen LogP) is 2.29. The Kier molecular flexibility index (Phi) is 5.40. The standard InChI is InChI=1S/C16H23N3O/c1-14(15-5-3-6-16(13-15)20-2)19-11-9-18(10-12-19)8-4-7-17/h3,5-6,13-14H,4,8-12H2,1-2H3. The number of hydrogen-bond donors (Lipinski definition) is 0. The van der Waals surface area contributed by atoms with Gasteiger partial charge in [-0.2, -0.15) is 5.26 Å². The quantitative estimate of drug-likeness (QED) is 0.825. The van der Waals surface area contributed by atoms with Crippen molar-refractivity contribution in [2.45, 2.75) is 19.4 Å². The topological polar surface area (TPSA) is 39.5 Å². The summed E-state index contributed by atoms with van der Waals surface area (Å²) in [6.45, 7) is 7.37. The van der Waals surface area contributed by atoms with Crippen molar-refractivity contribution in [3.8, 4) is 11.8 Å². The van der Waals surface area contributed by atoms with Crippen LogP contribution in [-0.2, 0) is 0 Å². The highest BCUT2D eigenvalue weighted by molar-refractivity contribution is 5.30. The second kappa shape index (κ2) is 7.28. The minimum Gasteiger partial charge on any atom is -0.497 e. The third-order valence-corrected chi connectivity index (χ3v) is 4.07. The summed E-state index contributed by atoms with van der Waals surface area (Å²) in [5, 5.41) is 8.64. The maximum absolute atomic E-state index is 8.64. The smallest absolute Gasteiger partial charge is 0.119 e. The normalized spacial score (nSPS) is 18.4. The lowest BCUT2D eigenvalue weighted by molar-refractivity contribution is 0.104. The van der Waals surface area contributed by atoms with Crippen molar-refractivity contribution in [1.82, 2.24) is 9.80 Å². The molecular formula is C16H23N3O. The van der Waals surface area contributed by atoms with Crippen molar-refractivity contribution in [3.05, 3.63) is 29.8 Å². The number of hydrogen-bond acceptors (Lipinski definition) is 4. The zero-order valence-corrected chi connectivity index (χ0v) is 12.4. The number of benzene rings is 1. The van der Waals surface area contributed by atoms with E-state index in [1.165, 1.54) is 5.56 Å². The molecule has 1 heterocycles. The van der Waals surface area contributed by atoms with Crippen LogP contribution >= 0.6 is 0 Å². The molecule has 1 aromatic rings. The Balaban J connectivity index is 1.91. The molecule has 1 unspecified atom stereocenters. The molecule has 4 heteroatoms. The molecule has 1 aliphatic rings. The molecule has 0 spiro atoms. The number of ether oxygens (including phenoxy) is 1. The Morgan fingerprint density at radius 3 is 2.70 bits per heavy atom. The third-order valence-electron chi connectivity index (χ3n) is 4.07. The monoisotopic (exact) mass is 273 g/mol. The van der Waals surface area contributed by atoms with Gasteiger partial charge < -0.3 is 4.74 Å². The highest BCUT2D eigenvalue weighted by Crippen LogP contribution is 2.24. The molecule has 0 amide bonds. The van der Waals surface area contributed by atoms with Crippen LogP contribution in [0, 0.1) is 11.3 Å². The SMILES string of the molecule is COc1cccc(C(C)N2CCN(CCC#N)CC2)c1. The maximum atomic E-state index is 8.64. The summed E-state index contributed by atoms with van der Waals surface area (Å²) in [5.41, 5.74) is 1.30. The Morgan fingerprint density at radius 1 is 1.30 bits per heavy atom. The van der Waals surface area contributed by atoms with E-state index >= 15 is 0 Å². The van der Waals surface area contributed by atoms with Crippen LogP contribution in [-0.4, -0.2) is 49.6 Å². The number of rotatable bonds is 5. The summed E-state index contributed by atoms with van der Waals surface area (Å²) in [7, 11) is 1.71. The minimum absolute atomic E-state index is 0.406. The van der Waals surface area contributed by atoms with Gasteiger partial charge in [0, 0.05) is 45.2 Å². The van der Waals surface area contributed by atoms with Gasteiger partial charge in [-0.3, -0.25) is 9.80 Å². The Hall–Kier alpha value is -1.57. The largest absolute Gasteiger partial charge is 0.497 e. The molecule has 1 fully saturated rings. The molecule has 1 aromatic carbocycles. The van der Waals surface area contributed by atoms with Crippen LogP contribution < -0.4 is 4.74 Å². The summed E-state index contributed by atoms with van der Waals surface area (Å²) in [4.78, 5) is 4.87. The lowest BCUT2D eigenvalue weighted by Crippen LogP contribution is -2.47. The van der Waals surface area contributed by atoms with E-state index in [0.29, 0.717) is 12.5 Å². The van der Waals surface area contributed by atoms with E-state index in [4.69, 9.17) is 10.00 Å². The number of piperazine rings is 1. The van der Waals surface area contributed by atoms with Gasteiger partial charge >= 0.3 is 0 Å². The molecule has 4 nitrogen and oxygen atoms in total. The van der Waals surface area contributed by atoms with Gasteiger partial charge in [-0.15, -0.1) is 0 Å². The number of nitriles is 1. The van der Waals surface area contributed by atoms with Crippen molar-refractivity contribution in [1.29, 1.82) is 5.26 Å². The molecule has 1 saturated heterocycles. The minimum atomic E-state index is 0.406. The lowest BCUT2D eigenvalue weighted by atomic mass is 10.1. The van der Waals surface area contributed by atoms with Crippen LogP contribution in [0.15, 0.2) is 24.3 Å². The van der Waals surface area contributed by atoms with Crippen molar-refractivity contribution in [3.63, 3.8) is 0 Å². The van der Waals surface area contributed by atoms with E-state index in [0.717, 1.165) is 38.5 Å². The van der Waals surface area contributed by atoms with Gasteiger partial charge in [-0.25, -0.2) is 0 Å². The van der Waals surface area contributed by atoms with Crippen LogP contribution in [0.2, 0.25) is 0 Å². The Labute approximate surface area is 121 Å². The van der Waals surface area contributed by atoms with E-state index in [2.05, 4.69) is 34.9 Å². The lowest BCUT2D eigenvalue weighted by Gasteiger charge is -2.38. The highest BCUT2D eigenvalue weighted by Gasteiger charge is 2.21.